The largest absolute Gasteiger partial charge is 0.453 e. The lowest BCUT2D eigenvalue weighted by molar-refractivity contribution is -0.120. The molecule has 0 aromatic heterocycles. The van der Waals surface area contributed by atoms with Gasteiger partial charge in [0, 0.05) is 0 Å². The van der Waals surface area contributed by atoms with Crippen LogP contribution in [0, 0.1) is 11.8 Å². The summed E-state index contributed by atoms with van der Waals surface area (Å²) in [6.45, 7) is 8.66. The van der Waals surface area contributed by atoms with E-state index in [1.54, 1.807) is 0 Å². The van der Waals surface area contributed by atoms with E-state index >= 15 is 0 Å². The maximum absolute atomic E-state index is 11.8. The summed E-state index contributed by atoms with van der Waals surface area (Å²) in [7, 11) is 1.26. The molecule has 0 aromatic carbocycles. The third-order valence-electron chi connectivity index (χ3n) is 4.46. The third kappa shape index (κ3) is 8.48. The summed E-state index contributed by atoms with van der Waals surface area (Å²) >= 11 is 0. The highest BCUT2D eigenvalue weighted by Gasteiger charge is 2.27. The molecule has 0 fully saturated rings. The smallest absolute Gasteiger partial charge is 0.409 e. The van der Waals surface area contributed by atoms with Gasteiger partial charge in [-0.05, 0) is 18.8 Å². The molecule has 0 spiro atoms. The Morgan fingerprint density at radius 1 is 1.00 bits per heavy atom. The van der Waals surface area contributed by atoms with E-state index in [9.17, 15) is 14.4 Å². The lowest BCUT2D eigenvalue weighted by Crippen LogP contribution is -2.52. The normalized spacial score (nSPS) is 16.6. The molecule has 0 aliphatic heterocycles. The van der Waals surface area contributed by atoms with Gasteiger partial charge in [-0.2, -0.15) is 0 Å². The van der Waals surface area contributed by atoms with Gasteiger partial charge in [0.1, 0.15) is 6.23 Å². The van der Waals surface area contributed by atoms with Crippen molar-refractivity contribution in [2.75, 3.05) is 13.9 Å². The van der Waals surface area contributed by atoms with Gasteiger partial charge in [-0.15, -0.1) is 0 Å². The lowest BCUT2D eigenvalue weighted by atomic mass is 9.96. The molecule has 9 nitrogen and oxygen atoms in total. The Morgan fingerprint density at radius 3 is 2.04 bits per heavy atom. The molecule has 26 heavy (non-hydrogen) atoms. The lowest BCUT2D eigenvalue weighted by Gasteiger charge is -2.29. The van der Waals surface area contributed by atoms with Crippen molar-refractivity contribution >= 4 is 18.0 Å². The van der Waals surface area contributed by atoms with Crippen LogP contribution in [0.15, 0.2) is 0 Å². The molecule has 0 saturated heterocycles. The molecule has 0 radical (unpaired) electrons. The third-order valence-corrected chi connectivity index (χ3v) is 4.46. The van der Waals surface area contributed by atoms with Gasteiger partial charge in [0.15, 0.2) is 12.6 Å². The minimum atomic E-state index is -0.894. The summed E-state index contributed by atoms with van der Waals surface area (Å²) < 4.78 is 14.8. The quantitative estimate of drug-likeness (QED) is 0.469. The highest BCUT2D eigenvalue weighted by atomic mass is 16.7. The van der Waals surface area contributed by atoms with Gasteiger partial charge >= 0.3 is 12.2 Å². The average molecular weight is 375 g/mol. The molecule has 0 rings (SSSR count). The zero-order valence-electron chi connectivity index (χ0n) is 16.5. The van der Waals surface area contributed by atoms with Crippen molar-refractivity contribution in [3.05, 3.63) is 0 Å². The number of hydrogen-bond acceptors (Lipinski definition) is 7. The van der Waals surface area contributed by atoms with Gasteiger partial charge in [-0.25, -0.2) is 9.59 Å². The van der Waals surface area contributed by atoms with Gasteiger partial charge in [-0.1, -0.05) is 40.5 Å². The first-order valence-electron chi connectivity index (χ1n) is 8.83. The minimum Gasteiger partial charge on any atom is -0.453 e. The van der Waals surface area contributed by atoms with E-state index in [0.29, 0.717) is 0 Å². The summed E-state index contributed by atoms with van der Waals surface area (Å²) in [5.74, 6) is -0.138. The summed E-state index contributed by atoms with van der Waals surface area (Å²) in [5, 5.41) is 5.14. The molecule has 0 aromatic rings. The SMILES string of the molecule is CC[C@@H](C)[C@H](NC(=O)OC)C(N)OCOC(=O)N[C@H](C(C)=O)[C@@H](C)CC. The number of carbonyl (C=O) groups is 3. The monoisotopic (exact) mass is 375 g/mol. The van der Waals surface area contributed by atoms with Crippen molar-refractivity contribution in [3.63, 3.8) is 0 Å². The van der Waals surface area contributed by atoms with Crippen molar-refractivity contribution < 1.29 is 28.6 Å². The first-order chi connectivity index (χ1) is 12.2. The van der Waals surface area contributed by atoms with Crippen LogP contribution < -0.4 is 16.4 Å². The maximum atomic E-state index is 11.8. The van der Waals surface area contributed by atoms with E-state index in [2.05, 4.69) is 15.4 Å². The Bertz CT molecular complexity index is 460. The van der Waals surface area contributed by atoms with Gasteiger partial charge in [0.2, 0.25) is 0 Å². The molecule has 0 aliphatic carbocycles. The molecule has 0 bridgehead atoms. The van der Waals surface area contributed by atoms with Crippen molar-refractivity contribution in [2.45, 2.75) is 65.8 Å². The van der Waals surface area contributed by atoms with Crippen LogP contribution >= 0.6 is 0 Å². The molecule has 9 heteroatoms. The number of alkyl carbamates (subject to hydrolysis) is 2. The number of rotatable bonds is 11. The summed E-state index contributed by atoms with van der Waals surface area (Å²) in [6, 6.07) is -1.13. The second-order valence-corrected chi connectivity index (χ2v) is 6.35. The molecule has 1 unspecified atom stereocenters. The Morgan fingerprint density at radius 2 is 1.58 bits per heavy atom. The molecular weight excluding hydrogens is 342 g/mol. The van der Waals surface area contributed by atoms with E-state index in [-0.39, 0.29) is 17.6 Å². The first-order valence-corrected chi connectivity index (χ1v) is 8.83. The fourth-order valence-electron chi connectivity index (χ4n) is 2.32. The van der Waals surface area contributed by atoms with Crippen molar-refractivity contribution in [3.8, 4) is 0 Å². The number of nitrogens with two attached hydrogens (primary N) is 1. The van der Waals surface area contributed by atoms with E-state index in [1.165, 1.54) is 14.0 Å². The van der Waals surface area contributed by atoms with Crippen LogP contribution in [0.4, 0.5) is 9.59 Å². The summed E-state index contributed by atoms with van der Waals surface area (Å²) in [6.07, 6.45) is -0.788. The van der Waals surface area contributed by atoms with E-state index < -0.39 is 37.3 Å². The molecule has 0 saturated carbocycles. The van der Waals surface area contributed by atoms with Crippen LogP contribution in [0.3, 0.4) is 0 Å². The number of nitrogens with one attached hydrogen (secondary N) is 2. The second kappa shape index (κ2) is 12.5. The number of amides is 2. The van der Waals surface area contributed by atoms with Crippen LogP contribution in [-0.2, 0) is 19.0 Å². The molecule has 5 atom stereocenters. The Balaban J connectivity index is 4.54. The number of methoxy groups -OCH3 is 1. The maximum Gasteiger partial charge on any atom is 0.409 e. The fourth-order valence-corrected chi connectivity index (χ4v) is 2.32. The van der Waals surface area contributed by atoms with Gasteiger partial charge in [0.05, 0.1) is 19.2 Å². The topological polar surface area (TPSA) is 129 Å². The number of ether oxygens (including phenoxy) is 3. The van der Waals surface area contributed by atoms with Gasteiger partial charge in [-0.3, -0.25) is 4.79 Å². The zero-order valence-corrected chi connectivity index (χ0v) is 16.5. The van der Waals surface area contributed by atoms with Crippen LogP contribution in [0.2, 0.25) is 0 Å². The van der Waals surface area contributed by atoms with Crippen LogP contribution in [0.25, 0.3) is 0 Å². The van der Waals surface area contributed by atoms with Crippen LogP contribution in [-0.4, -0.2) is 50.2 Å². The van der Waals surface area contributed by atoms with Crippen molar-refractivity contribution in [2.24, 2.45) is 17.6 Å². The zero-order chi connectivity index (χ0) is 20.3. The first kappa shape index (κ1) is 24.1. The predicted octanol–water partition coefficient (Wildman–Crippen LogP) is 1.75. The average Bonchev–Trinajstić information content (AvgIpc) is 2.61. The van der Waals surface area contributed by atoms with E-state index in [0.717, 1.165) is 12.8 Å². The standard InChI is InChI=1S/C17H33N3O6/c1-7-10(3)13(12(5)21)19-17(23)26-9-25-15(18)14(11(4)8-2)20-16(22)24-6/h10-11,13-15H,7-9,18H2,1-6H3,(H,19,23)(H,20,22)/t10-,11+,13-,14-,15?/m0/s1. The highest BCUT2D eigenvalue weighted by molar-refractivity contribution is 5.85. The number of carbonyl (C=O) groups excluding carboxylic acids is 3. The second-order valence-electron chi connectivity index (χ2n) is 6.35. The molecule has 2 amide bonds. The minimum absolute atomic E-state index is 0.0118. The summed E-state index contributed by atoms with van der Waals surface area (Å²) in [4.78, 5) is 34.9. The number of Topliss-reactive ketones (excluding diaryl/α,β-unsaturated/α-hetero) is 1. The molecule has 0 heterocycles. The molecule has 152 valence electrons. The van der Waals surface area contributed by atoms with Crippen LogP contribution in [0.5, 0.6) is 0 Å². The van der Waals surface area contributed by atoms with Crippen molar-refractivity contribution in [1.82, 2.24) is 10.6 Å². The Labute approximate surface area is 155 Å². The van der Waals surface area contributed by atoms with Crippen molar-refractivity contribution in [1.29, 1.82) is 0 Å². The highest BCUT2D eigenvalue weighted by Crippen LogP contribution is 2.12. The molecule has 4 N–H and O–H groups in total. The number of ketones is 1. The summed E-state index contributed by atoms with van der Waals surface area (Å²) in [5.41, 5.74) is 5.94. The number of hydrogen-bond donors (Lipinski definition) is 3. The predicted molar refractivity (Wildman–Crippen MR) is 96.3 cm³/mol. The fraction of sp³-hybridized carbons (Fsp3) is 0.824. The van der Waals surface area contributed by atoms with E-state index in [4.69, 9.17) is 15.2 Å². The van der Waals surface area contributed by atoms with E-state index in [1.807, 2.05) is 27.7 Å². The van der Waals surface area contributed by atoms with Gasteiger partial charge in [0.25, 0.3) is 0 Å². The van der Waals surface area contributed by atoms with Crippen LogP contribution in [0.1, 0.15) is 47.5 Å². The van der Waals surface area contributed by atoms with Gasteiger partial charge < -0.3 is 30.6 Å². The molecule has 0 aliphatic rings. The Hall–Kier alpha value is -1.87. The molecular formula is C17H33N3O6. The Kier molecular flexibility index (Phi) is 11.6.